The lowest BCUT2D eigenvalue weighted by atomic mass is 10.1. The van der Waals surface area contributed by atoms with Crippen molar-refractivity contribution in [3.63, 3.8) is 0 Å². The molecule has 0 aliphatic carbocycles. The van der Waals surface area contributed by atoms with Gasteiger partial charge < -0.3 is 9.88 Å². The summed E-state index contributed by atoms with van der Waals surface area (Å²) >= 11 is 0. The summed E-state index contributed by atoms with van der Waals surface area (Å²) < 4.78 is 15.7. The number of aryl methyl sites for hydroxylation is 1. The Morgan fingerprint density at radius 3 is 2.63 bits per heavy atom. The molecule has 0 fully saturated rings. The van der Waals surface area contributed by atoms with Gasteiger partial charge in [0, 0.05) is 18.4 Å². The molecule has 0 saturated carbocycles. The highest BCUT2D eigenvalue weighted by Crippen LogP contribution is 2.23. The smallest absolute Gasteiger partial charge is 0.203 e. The highest BCUT2D eigenvalue weighted by molar-refractivity contribution is 5.32. The van der Waals surface area contributed by atoms with E-state index in [1.165, 1.54) is 0 Å². The normalized spacial score (nSPS) is 12.7. The number of nitrogens with zero attached hydrogens (tertiary/aromatic N) is 2. The molecule has 4 heteroatoms. The quantitative estimate of drug-likeness (QED) is 0.908. The zero-order valence-corrected chi connectivity index (χ0v) is 11.8. The van der Waals surface area contributed by atoms with Crippen LogP contribution in [0.4, 0.5) is 10.3 Å². The lowest BCUT2D eigenvalue weighted by Gasteiger charge is -2.19. The molecule has 0 spiro atoms. The number of anilines is 1. The van der Waals surface area contributed by atoms with Crippen LogP contribution in [0, 0.1) is 12.7 Å². The molecule has 1 heterocycles. The van der Waals surface area contributed by atoms with Crippen LogP contribution >= 0.6 is 0 Å². The Kier molecular flexibility index (Phi) is 3.88. The van der Waals surface area contributed by atoms with Crippen LogP contribution in [0.15, 0.2) is 30.6 Å². The lowest BCUT2D eigenvalue weighted by molar-refractivity contribution is 0.598. The molecule has 0 amide bonds. The molecule has 2 aromatic rings. The molecule has 1 N–H and O–H groups in total. The third-order valence-electron chi connectivity index (χ3n) is 3.18. The summed E-state index contributed by atoms with van der Waals surface area (Å²) in [5.74, 6) is 0.645. The van der Waals surface area contributed by atoms with Crippen LogP contribution in [0.5, 0.6) is 0 Å². The Hall–Kier alpha value is -1.84. The average molecular weight is 261 g/mol. The van der Waals surface area contributed by atoms with Gasteiger partial charge in [-0.15, -0.1) is 0 Å². The lowest BCUT2D eigenvalue weighted by Crippen LogP contribution is -2.17. The van der Waals surface area contributed by atoms with Gasteiger partial charge in [0.25, 0.3) is 0 Å². The van der Waals surface area contributed by atoms with E-state index in [0.29, 0.717) is 11.6 Å². The minimum absolute atomic E-state index is 0.0406. The van der Waals surface area contributed by atoms with E-state index in [0.717, 1.165) is 11.5 Å². The molecule has 19 heavy (non-hydrogen) atoms. The Morgan fingerprint density at radius 1 is 1.26 bits per heavy atom. The molecule has 0 bridgehead atoms. The maximum absolute atomic E-state index is 13.7. The van der Waals surface area contributed by atoms with Crippen molar-refractivity contribution in [1.29, 1.82) is 0 Å². The summed E-state index contributed by atoms with van der Waals surface area (Å²) in [5.41, 5.74) is 1.61. The first-order valence-corrected chi connectivity index (χ1v) is 6.54. The van der Waals surface area contributed by atoms with E-state index in [1.54, 1.807) is 19.2 Å². The fraction of sp³-hybridized carbons (Fsp3) is 0.400. The van der Waals surface area contributed by atoms with Gasteiger partial charge in [-0.25, -0.2) is 9.37 Å². The molecule has 0 saturated heterocycles. The Bertz CT molecular complexity index is 560. The molecule has 1 atom stereocenters. The van der Waals surface area contributed by atoms with Crippen molar-refractivity contribution in [2.75, 3.05) is 5.32 Å². The van der Waals surface area contributed by atoms with Gasteiger partial charge in [0.15, 0.2) is 0 Å². The number of imidazole rings is 1. The van der Waals surface area contributed by atoms with Crippen molar-refractivity contribution < 1.29 is 4.39 Å². The monoisotopic (exact) mass is 261 g/mol. The largest absolute Gasteiger partial charge is 0.353 e. The number of halogens is 1. The molecule has 1 aromatic heterocycles. The minimum Gasteiger partial charge on any atom is -0.353 e. The van der Waals surface area contributed by atoms with Crippen LogP contribution in [0.2, 0.25) is 0 Å². The first kappa shape index (κ1) is 13.6. The standard InChI is InChI=1S/C15H20FN3/c1-10(2)18-15-17-7-8-19(15)12(4)13-6-5-11(3)14(16)9-13/h5-10,12H,1-4H3,(H,17,18). The fourth-order valence-corrected chi connectivity index (χ4v) is 2.03. The zero-order chi connectivity index (χ0) is 14.0. The number of hydrogen-bond acceptors (Lipinski definition) is 2. The third-order valence-corrected chi connectivity index (χ3v) is 3.18. The molecule has 1 unspecified atom stereocenters. The van der Waals surface area contributed by atoms with Crippen LogP contribution in [-0.4, -0.2) is 15.6 Å². The Balaban J connectivity index is 2.30. The van der Waals surface area contributed by atoms with Crippen molar-refractivity contribution in [2.24, 2.45) is 0 Å². The van der Waals surface area contributed by atoms with E-state index < -0.39 is 0 Å². The molecule has 2 rings (SSSR count). The van der Waals surface area contributed by atoms with Crippen LogP contribution in [0.1, 0.15) is 37.9 Å². The second-order valence-electron chi connectivity index (χ2n) is 5.14. The van der Waals surface area contributed by atoms with Crippen molar-refractivity contribution in [2.45, 2.75) is 39.8 Å². The summed E-state index contributed by atoms with van der Waals surface area (Å²) in [5, 5.41) is 3.29. The summed E-state index contributed by atoms with van der Waals surface area (Å²) in [6, 6.07) is 5.72. The van der Waals surface area contributed by atoms with Crippen molar-refractivity contribution in [3.8, 4) is 0 Å². The van der Waals surface area contributed by atoms with E-state index in [4.69, 9.17) is 0 Å². The van der Waals surface area contributed by atoms with Gasteiger partial charge in [0.1, 0.15) is 5.82 Å². The topological polar surface area (TPSA) is 29.9 Å². The van der Waals surface area contributed by atoms with Gasteiger partial charge in [0.05, 0.1) is 6.04 Å². The van der Waals surface area contributed by atoms with Crippen LogP contribution in [-0.2, 0) is 0 Å². The third kappa shape index (κ3) is 2.95. The number of aromatic nitrogens is 2. The second kappa shape index (κ2) is 5.43. The maximum atomic E-state index is 13.7. The molecule has 1 aromatic carbocycles. The summed E-state index contributed by atoms with van der Waals surface area (Å²) in [6.45, 7) is 7.94. The molecule has 3 nitrogen and oxygen atoms in total. The van der Waals surface area contributed by atoms with Crippen molar-refractivity contribution in [1.82, 2.24) is 9.55 Å². The number of rotatable bonds is 4. The van der Waals surface area contributed by atoms with E-state index in [-0.39, 0.29) is 11.9 Å². The molecule has 0 aliphatic heterocycles. The number of nitrogens with one attached hydrogen (secondary N) is 1. The van der Waals surface area contributed by atoms with E-state index in [2.05, 4.69) is 24.1 Å². The first-order valence-electron chi connectivity index (χ1n) is 6.54. The van der Waals surface area contributed by atoms with Crippen LogP contribution < -0.4 is 5.32 Å². The van der Waals surface area contributed by atoms with Crippen LogP contribution in [0.25, 0.3) is 0 Å². The predicted octanol–water partition coefficient (Wildman–Crippen LogP) is 3.76. The average Bonchev–Trinajstić information content (AvgIpc) is 2.79. The first-order chi connectivity index (χ1) is 8.99. The number of benzene rings is 1. The van der Waals surface area contributed by atoms with Gasteiger partial charge in [-0.05, 0) is 44.9 Å². The maximum Gasteiger partial charge on any atom is 0.203 e. The van der Waals surface area contributed by atoms with Gasteiger partial charge >= 0.3 is 0 Å². The highest BCUT2D eigenvalue weighted by atomic mass is 19.1. The molecule has 0 aliphatic rings. The van der Waals surface area contributed by atoms with E-state index in [9.17, 15) is 4.39 Å². The number of hydrogen-bond donors (Lipinski definition) is 1. The summed E-state index contributed by atoms with van der Waals surface area (Å²) in [7, 11) is 0. The van der Waals surface area contributed by atoms with Gasteiger partial charge in [0.2, 0.25) is 5.95 Å². The molecule has 102 valence electrons. The van der Waals surface area contributed by atoms with E-state index >= 15 is 0 Å². The highest BCUT2D eigenvalue weighted by Gasteiger charge is 2.13. The molecular weight excluding hydrogens is 241 g/mol. The molecule has 0 radical (unpaired) electrons. The Labute approximate surface area is 113 Å². The van der Waals surface area contributed by atoms with Gasteiger partial charge in [-0.1, -0.05) is 12.1 Å². The van der Waals surface area contributed by atoms with Crippen LogP contribution in [0.3, 0.4) is 0 Å². The fourth-order valence-electron chi connectivity index (χ4n) is 2.03. The molecular formula is C15H20FN3. The summed E-state index contributed by atoms with van der Waals surface area (Å²) in [6.07, 6.45) is 3.67. The summed E-state index contributed by atoms with van der Waals surface area (Å²) in [4.78, 5) is 4.30. The second-order valence-corrected chi connectivity index (χ2v) is 5.14. The SMILES string of the molecule is Cc1ccc(C(C)n2ccnc2NC(C)C)cc1F. The van der Waals surface area contributed by atoms with E-state index in [1.807, 2.05) is 29.8 Å². The zero-order valence-electron chi connectivity index (χ0n) is 11.8. The minimum atomic E-state index is -0.164. The predicted molar refractivity (Wildman–Crippen MR) is 75.9 cm³/mol. The van der Waals surface area contributed by atoms with Crippen molar-refractivity contribution in [3.05, 3.63) is 47.5 Å². The van der Waals surface area contributed by atoms with Crippen molar-refractivity contribution >= 4 is 5.95 Å². The Morgan fingerprint density at radius 2 is 2.00 bits per heavy atom. The van der Waals surface area contributed by atoms with Gasteiger partial charge in [-0.2, -0.15) is 0 Å². The van der Waals surface area contributed by atoms with Gasteiger partial charge in [-0.3, -0.25) is 0 Å².